The van der Waals surface area contributed by atoms with E-state index in [9.17, 15) is 0 Å². The normalized spacial score (nSPS) is 10.8. The lowest BCUT2D eigenvalue weighted by molar-refractivity contribution is 0.454. The summed E-state index contributed by atoms with van der Waals surface area (Å²) in [6.07, 6.45) is 3.39. The van der Waals surface area contributed by atoms with E-state index >= 15 is 0 Å². The van der Waals surface area contributed by atoms with E-state index in [1.54, 1.807) is 12.4 Å². The SMILES string of the molecule is Cc1cc(C)cc(Oc2cncc(CNC(C)C)n2)c1. The molecule has 1 N–H and O–H groups in total. The van der Waals surface area contributed by atoms with Crippen molar-refractivity contribution < 1.29 is 4.74 Å². The lowest BCUT2D eigenvalue weighted by Gasteiger charge is -2.09. The molecule has 0 amide bonds. The molecule has 1 aromatic heterocycles. The molecule has 4 nitrogen and oxygen atoms in total. The zero-order valence-electron chi connectivity index (χ0n) is 12.5. The van der Waals surface area contributed by atoms with Crippen molar-refractivity contribution >= 4 is 0 Å². The van der Waals surface area contributed by atoms with E-state index in [1.807, 2.05) is 12.1 Å². The van der Waals surface area contributed by atoms with Gasteiger partial charge in [0.25, 0.3) is 0 Å². The highest BCUT2D eigenvalue weighted by atomic mass is 16.5. The van der Waals surface area contributed by atoms with Crippen LogP contribution in [0.4, 0.5) is 0 Å². The van der Waals surface area contributed by atoms with Gasteiger partial charge < -0.3 is 10.1 Å². The van der Waals surface area contributed by atoms with Crippen molar-refractivity contribution in [2.24, 2.45) is 0 Å². The zero-order chi connectivity index (χ0) is 14.5. The summed E-state index contributed by atoms with van der Waals surface area (Å²) in [4.78, 5) is 8.63. The Balaban J connectivity index is 2.11. The van der Waals surface area contributed by atoms with Gasteiger partial charge in [0, 0.05) is 18.8 Å². The van der Waals surface area contributed by atoms with Gasteiger partial charge in [-0.05, 0) is 37.1 Å². The number of aromatic nitrogens is 2. The van der Waals surface area contributed by atoms with Crippen molar-refractivity contribution in [1.29, 1.82) is 0 Å². The third-order valence-corrected chi connectivity index (χ3v) is 2.77. The Morgan fingerprint density at radius 3 is 2.45 bits per heavy atom. The smallest absolute Gasteiger partial charge is 0.238 e. The number of rotatable bonds is 5. The van der Waals surface area contributed by atoms with E-state index in [0.29, 0.717) is 18.5 Å². The number of ether oxygens (including phenoxy) is 1. The highest BCUT2D eigenvalue weighted by Gasteiger charge is 2.03. The van der Waals surface area contributed by atoms with Gasteiger partial charge in [0.15, 0.2) is 0 Å². The van der Waals surface area contributed by atoms with E-state index in [0.717, 1.165) is 11.4 Å². The van der Waals surface area contributed by atoms with Crippen molar-refractivity contribution in [3.8, 4) is 11.6 Å². The van der Waals surface area contributed by atoms with Gasteiger partial charge in [-0.2, -0.15) is 0 Å². The van der Waals surface area contributed by atoms with E-state index in [4.69, 9.17) is 4.74 Å². The van der Waals surface area contributed by atoms with Gasteiger partial charge in [-0.15, -0.1) is 0 Å². The van der Waals surface area contributed by atoms with Crippen LogP contribution >= 0.6 is 0 Å². The van der Waals surface area contributed by atoms with Crippen LogP contribution < -0.4 is 10.1 Å². The molecule has 0 aliphatic rings. The fraction of sp³-hybridized carbons (Fsp3) is 0.375. The minimum absolute atomic E-state index is 0.417. The molecule has 0 spiro atoms. The summed E-state index contributed by atoms with van der Waals surface area (Å²) < 4.78 is 5.79. The van der Waals surface area contributed by atoms with Crippen LogP contribution in [0.3, 0.4) is 0 Å². The lowest BCUT2D eigenvalue weighted by Crippen LogP contribution is -2.22. The van der Waals surface area contributed by atoms with Crippen molar-refractivity contribution in [3.63, 3.8) is 0 Å². The first-order valence-corrected chi connectivity index (χ1v) is 6.83. The summed E-state index contributed by atoms with van der Waals surface area (Å²) in [7, 11) is 0. The Bertz CT molecular complexity index is 561. The summed E-state index contributed by atoms with van der Waals surface area (Å²) in [5, 5.41) is 3.31. The standard InChI is InChI=1S/C16H21N3O/c1-11(2)18-9-14-8-17-10-16(19-14)20-15-6-12(3)5-13(4)7-15/h5-8,10-11,18H,9H2,1-4H3. The summed E-state index contributed by atoms with van der Waals surface area (Å²) in [6, 6.07) is 6.52. The topological polar surface area (TPSA) is 47.0 Å². The van der Waals surface area contributed by atoms with Gasteiger partial charge in [0.2, 0.25) is 5.88 Å². The van der Waals surface area contributed by atoms with Crippen LogP contribution in [0.2, 0.25) is 0 Å². The number of nitrogens with one attached hydrogen (secondary N) is 1. The Kier molecular flexibility index (Phi) is 4.69. The molecule has 0 aliphatic carbocycles. The van der Waals surface area contributed by atoms with E-state index < -0.39 is 0 Å². The van der Waals surface area contributed by atoms with Crippen LogP contribution in [-0.4, -0.2) is 16.0 Å². The van der Waals surface area contributed by atoms with E-state index in [1.165, 1.54) is 11.1 Å². The molecular weight excluding hydrogens is 250 g/mol. The molecule has 0 fully saturated rings. The third-order valence-electron chi connectivity index (χ3n) is 2.77. The van der Waals surface area contributed by atoms with Crippen LogP contribution in [0.1, 0.15) is 30.7 Å². The summed E-state index contributed by atoms with van der Waals surface area (Å²) in [6.45, 7) is 8.99. The molecule has 0 bridgehead atoms. The van der Waals surface area contributed by atoms with Crippen molar-refractivity contribution in [2.45, 2.75) is 40.3 Å². The van der Waals surface area contributed by atoms with Crippen LogP contribution in [0.15, 0.2) is 30.6 Å². The molecule has 0 atom stereocenters. The molecule has 1 heterocycles. The molecule has 0 aliphatic heterocycles. The Labute approximate surface area is 120 Å². The van der Waals surface area contributed by atoms with Crippen molar-refractivity contribution in [1.82, 2.24) is 15.3 Å². The first kappa shape index (κ1) is 14.5. The molecule has 1 aromatic carbocycles. The quantitative estimate of drug-likeness (QED) is 0.905. The monoisotopic (exact) mass is 271 g/mol. The van der Waals surface area contributed by atoms with Gasteiger partial charge in [-0.25, -0.2) is 4.98 Å². The van der Waals surface area contributed by atoms with Crippen LogP contribution in [0.25, 0.3) is 0 Å². The Morgan fingerprint density at radius 2 is 1.80 bits per heavy atom. The maximum Gasteiger partial charge on any atom is 0.238 e. The second-order valence-electron chi connectivity index (χ2n) is 5.31. The fourth-order valence-electron chi connectivity index (χ4n) is 1.94. The maximum absolute atomic E-state index is 5.79. The first-order valence-electron chi connectivity index (χ1n) is 6.83. The Hall–Kier alpha value is -1.94. The van der Waals surface area contributed by atoms with Crippen LogP contribution in [0.5, 0.6) is 11.6 Å². The number of benzene rings is 1. The second kappa shape index (κ2) is 6.48. The molecule has 0 unspecified atom stereocenters. The van der Waals surface area contributed by atoms with Crippen molar-refractivity contribution in [3.05, 3.63) is 47.4 Å². The number of aryl methyl sites for hydroxylation is 2. The second-order valence-corrected chi connectivity index (χ2v) is 5.31. The van der Waals surface area contributed by atoms with Gasteiger partial charge in [-0.1, -0.05) is 19.9 Å². The van der Waals surface area contributed by atoms with Gasteiger partial charge in [0.1, 0.15) is 5.75 Å². The molecule has 0 saturated heterocycles. The summed E-state index contributed by atoms with van der Waals surface area (Å²) >= 11 is 0. The molecule has 20 heavy (non-hydrogen) atoms. The highest BCUT2D eigenvalue weighted by Crippen LogP contribution is 2.21. The summed E-state index contributed by atoms with van der Waals surface area (Å²) in [5.41, 5.74) is 3.22. The average Bonchev–Trinajstić information content (AvgIpc) is 2.35. The minimum atomic E-state index is 0.417. The minimum Gasteiger partial charge on any atom is -0.437 e. The molecule has 4 heteroatoms. The third kappa shape index (κ3) is 4.31. The summed E-state index contributed by atoms with van der Waals surface area (Å²) in [5.74, 6) is 1.32. The van der Waals surface area contributed by atoms with Gasteiger partial charge in [0.05, 0.1) is 11.9 Å². The lowest BCUT2D eigenvalue weighted by atomic mass is 10.1. The number of hydrogen-bond acceptors (Lipinski definition) is 4. The predicted octanol–water partition coefficient (Wildman–Crippen LogP) is 3.38. The maximum atomic E-state index is 5.79. The first-order chi connectivity index (χ1) is 9.52. The van der Waals surface area contributed by atoms with E-state index in [-0.39, 0.29) is 0 Å². The Morgan fingerprint density at radius 1 is 1.10 bits per heavy atom. The number of hydrogen-bond donors (Lipinski definition) is 1. The van der Waals surface area contributed by atoms with Crippen molar-refractivity contribution in [2.75, 3.05) is 0 Å². The average molecular weight is 271 g/mol. The predicted molar refractivity (Wildman–Crippen MR) is 80.0 cm³/mol. The molecule has 2 rings (SSSR count). The molecule has 0 radical (unpaired) electrons. The van der Waals surface area contributed by atoms with Gasteiger partial charge >= 0.3 is 0 Å². The highest BCUT2D eigenvalue weighted by molar-refractivity contribution is 5.35. The van der Waals surface area contributed by atoms with Crippen LogP contribution in [0, 0.1) is 13.8 Å². The zero-order valence-corrected chi connectivity index (χ0v) is 12.5. The molecule has 106 valence electrons. The number of nitrogens with zero attached hydrogens (tertiary/aromatic N) is 2. The molecule has 0 saturated carbocycles. The molecular formula is C16H21N3O. The van der Waals surface area contributed by atoms with Crippen LogP contribution in [-0.2, 0) is 6.54 Å². The molecule has 2 aromatic rings. The fourth-order valence-corrected chi connectivity index (χ4v) is 1.94. The van der Waals surface area contributed by atoms with E-state index in [2.05, 4.69) is 49.0 Å². The largest absolute Gasteiger partial charge is 0.437 e. The van der Waals surface area contributed by atoms with Gasteiger partial charge in [-0.3, -0.25) is 4.98 Å².